The highest BCUT2D eigenvalue weighted by Crippen LogP contribution is 2.58. The Labute approximate surface area is 187 Å². The molecule has 0 aliphatic carbocycles. The molecule has 0 aromatic heterocycles. The fourth-order valence-electron chi connectivity index (χ4n) is 3.31. The average molecular weight is 502 g/mol. The standard InChI is InChI=1S/C21H19F9N2O2/c1-3-12-10-14(18(22,20(25,26)27)19(23,24)21(28,29)30)9-11(2)15(12)16(31)34-32-17(33)13-7-5-4-6-8-13/h4-10,16H,3,31H2,1-2H3,(H,32,33). The zero-order valence-corrected chi connectivity index (χ0v) is 17.6. The summed E-state index contributed by atoms with van der Waals surface area (Å²) in [5.74, 6) is -7.53. The van der Waals surface area contributed by atoms with Crippen LogP contribution in [0.2, 0.25) is 0 Å². The lowest BCUT2D eigenvalue weighted by Crippen LogP contribution is -2.59. The smallest absolute Gasteiger partial charge is 0.300 e. The summed E-state index contributed by atoms with van der Waals surface area (Å²) in [6, 6.07) is 8.03. The van der Waals surface area contributed by atoms with Crippen molar-refractivity contribution in [2.75, 3.05) is 0 Å². The monoisotopic (exact) mass is 502 g/mol. The first-order chi connectivity index (χ1) is 15.5. The van der Waals surface area contributed by atoms with E-state index >= 15 is 0 Å². The molecule has 1 amide bonds. The van der Waals surface area contributed by atoms with E-state index in [4.69, 9.17) is 10.6 Å². The molecule has 0 saturated heterocycles. The quantitative estimate of drug-likeness (QED) is 0.286. The first-order valence-electron chi connectivity index (χ1n) is 9.59. The molecule has 0 aliphatic heterocycles. The SMILES string of the molecule is CCc1cc(C(F)(C(F)(F)F)C(F)(F)C(F)(F)F)cc(C)c1C(N)ONC(=O)c1ccccc1. The Kier molecular flexibility index (Phi) is 7.63. The van der Waals surface area contributed by atoms with Crippen LogP contribution in [0.3, 0.4) is 0 Å². The van der Waals surface area contributed by atoms with Crippen molar-refractivity contribution in [2.24, 2.45) is 5.73 Å². The van der Waals surface area contributed by atoms with E-state index in [2.05, 4.69) is 0 Å². The highest BCUT2D eigenvalue weighted by molar-refractivity contribution is 5.93. The first kappa shape index (κ1) is 27.4. The van der Waals surface area contributed by atoms with Crippen LogP contribution in [0.1, 0.15) is 45.8 Å². The number of hydrogen-bond acceptors (Lipinski definition) is 3. The Morgan fingerprint density at radius 3 is 2.00 bits per heavy atom. The van der Waals surface area contributed by atoms with Gasteiger partial charge in [0, 0.05) is 16.7 Å². The number of amides is 1. The Morgan fingerprint density at radius 1 is 0.971 bits per heavy atom. The van der Waals surface area contributed by atoms with E-state index in [0.717, 1.165) is 6.92 Å². The molecule has 2 unspecified atom stereocenters. The molecule has 0 spiro atoms. The number of benzene rings is 2. The fraction of sp³-hybridized carbons (Fsp3) is 0.381. The molecule has 0 radical (unpaired) electrons. The summed E-state index contributed by atoms with van der Waals surface area (Å²) in [5, 5.41) is 0. The van der Waals surface area contributed by atoms with Gasteiger partial charge in [0.25, 0.3) is 5.91 Å². The van der Waals surface area contributed by atoms with Crippen LogP contribution in [0.4, 0.5) is 39.5 Å². The zero-order chi connectivity index (χ0) is 26.1. The van der Waals surface area contributed by atoms with Gasteiger partial charge in [0.1, 0.15) is 0 Å². The summed E-state index contributed by atoms with van der Waals surface area (Å²) in [6.07, 6.45) is -15.3. The molecule has 2 atom stereocenters. The predicted octanol–water partition coefficient (Wildman–Crippen LogP) is 5.80. The number of carbonyl (C=O) groups excluding carboxylic acids is 1. The maximum Gasteiger partial charge on any atom is 0.457 e. The molecule has 2 aromatic rings. The Morgan fingerprint density at radius 2 is 1.53 bits per heavy atom. The van der Waals surface area contributed by atoms with E-state index in [9.17, 15) is 44.3 Å². The molecule has 4 nitrogen and oxygen atoms in total. The van der Waals surface area contributed by atoms with Crippen LogP contribution in [0.25, 0.3) is 0 Å². The molecule has 0 saturated carbocycles. The van der Waals surface area contributed by atoms with Crippen molar-refractivity contribution in [1.29, 1.82) is 0 Å². The van der Waals surface area contributed by atoms with Crippen molar-refractivity contribution in [3.05, 3.63) is 70.3 Å². The molecule has 34 heavy (non-hydrogen) atoms. The minimum Gasteiger partial charge on any atom is -0.300 e. The highest BCUT2D eigenvalue weighted by Gasteiger charge is 2.81. The molecule has 0 fully saturated rings. The Balaban J connectivity index is 2.49. The summed E-state index contributed by atoms with van der Waals surface area (Å²) in [5.41, 5.74) is -0.807. The van der Waals surface area contributed by atoms with E-state index in [0.29, 0.717) is 0 Å². The molecule has 3 N–H and O–H groups in total. The second-order valence-electron chi connectivity index (χ2n) is 7.28. The third-order valence-electron chi connectivity index (χ3n) is 5.03. The molecule has 0 heterocycles. The van der Waals surface area contributed by atoms with Gasteiger partial charge < -0.3 is 5.73 Å². The number of halogens is 9. The van der Waals surface area contributed by atoms with Crippen LogP contribution >= 0.6 is 0 Å². The molecule has 2 rings (SSSR count). The fourth-order valence-corrected chi connectivity index (χ4v) is 3.31. The second kappa shape index (κ2) is 9.45. The third kappa shape index (κ3) is 4.85. The van der Waals surface area contributed by atoms with Crippen molar-refractivity contribution >= 4 is 5.91 Å². The molecular formula is C21H19F9N2O2. The zero-order valence-electron chi connectivity index (χ0n) is 17.6. The maximum absolute atomic E-state index is 14.9. The van der Waals surface area contributed by atoms with Gasteiger partial charge in [0.05, 0.1) is 0 Å². The number of rotatable bonds is 7. The molecule has 13 heteroatoms. The number of aryl methyl sites for hydroxylation is 2. The lowest BCUT2D eigenvalue weighted by molar-refractivity contribution is -0.389. The Bertz CT molecular complexity index is 1020. The lowest BCUT2D eigenvalue weighted by atomic mass is 9.83. The van der Waals surface area contributed by atoms with Gasteiger partial charge in [-0.25, -0.2) is 14.7 Å². The molecule has 0 bridgehead atoms. The minimum absolute atomic E-state index is 0.125. The van der Waals surface area contributed by atoms with Gasteiger partial charge in [0.15, 0.2) is 6.23 Å². The Hall–Kier alpha value is -2.80. The van der Waals surface area contributed by atoms with E-state index in [1.807, 2.05) is 5.48 Å². The van der Waals surface area contributed by atoms with Crippen LogP contribution in [0, 0.1) is 6.92 Å². The maximum atomic E-state index is 14.9. The molecular weight excluding hydrogens is 483 g/mol. The summed E-state index contributed by atoms with van der Waals surface area (Å²) in [6.45, 7) is 2.36. The van der Waals surface area contributed by atoms with Crippen molar-refractivity contribution in [1.82, 2.24) is 5.48 Å². The van der Waals surface area contributed by atoms with Crippen molar-refractivity contribution in [3.8, 4) is 0 Å². The van der Waals surface area contributed by atoms with Gasteiger partial charge in [-0.1, -0.05) is 37.3 Å². The number of nitrogens with one attached hydrogen (secondary N) is 1. The normalized spacial score (nSPS) is 15.5. The summed E-state index contributed by atoms with van der Waals surface area (Å²) >= 11 is 0. The van der Waals surface area contributed by atoms with Crippen molar-refractivity contribution in [3.63, 3.8) is 0 Å². The number of hydrogen-bond donors (Lipinski definition) is 2. The van der Waals surface area contributed by atoms with Gasteiger partial charge in [-0.05, 0) is 36.6 Å². The van der Waals surface area contributed by atoms with Crippen LogP contribution in [0.5, 0.6) is 0 Å². The van der Waals surface area contributed by atoms with Crippen LogP contribution in [0.15, 0.2) is 42.5 Å². The van der Waals surface area contributed by atoms with Crippen LogP contribution in [-0.4, -0.2) is 24.2 Å². The number of nitrogens with two attached hydrogens (primary N) is 1. The summed E-state index contributed by atoms with van der Waals surface area (Å²) in [7, 11) is 0. The summed E-state index contributed by atoms with van der Waals surface area (Å²) < 4.78 is 121. The van der Waals surface area contributed by atoms with E-state index in [1.165, 1.54) is 19.1 Å². The van der Waals surface area contributed by atoms with Gasteiger partial charge in [0.2, 0.25) is 0 Å². The minimum atomic E-state index is -6.84. The second-order valence-corrected chi connectivity index (χ2v) is 7.28. The number of alkyl halides is 9. The van der Waals surface area contributed by atoms with Crippen molar-refractivity contribution < 1.29 is 49.1 Å². The molecule has 0 aliphatic rings. The van der Waals surface area contributed by atoms with Gasteiger partial charge in [-0.2, -0.15) is 35.1 Å². The number of carbonyl (C=O) groups is 1. The highest BCUT2D eigenvalue weighted by atomic mass is 19.4. The topological polar surface area (TPSA) is 64.3 Å². The summed E-state index contributed by atoms with van der Waals surface area (Å²) in [4.78, 5) is 17.1. The van der Waals surface area contributed by atoms with Crippen molar-refractivity contribution in [2.45, 2.75) is 50.4 Å². The lowest BCUT2D eigenvalue weighted by Gasteiger charge is -2.36. The first-order valence-corrected chi connectivity index (χ1v) is 9.59. The predicted molar refractivity (Wildman–Crippen MR) is 102 cm³/mol. The largest absolute Gasteiger partial charge is 0.457 e. The van der Waals surface area contributed by atoms with Gasteiger partial charge in [-0.3, -0.25) is 4.79 Å². The molecule has 2 aromatic carbocycles. The van der Waals surface area contributed by atoms with Crippen LogP contribution in [-0.2, 0) is 16.9 Å². The van der Waals surface area contributed by atoms with Gasteiger partial charge in [-0.15, -0.1) is 0 Å². The van der Waals surface area contributed by atoms with E-state index in [1.54, 1.807) is 18.2 Å². The van der Waals surface area contributed by atoms with E-state index in [-0.39, 0.29) is 40.8 Å². The van der Waals surface area contributed by atoms with Gasteiger partial charge >= 0.3 is 23.9 Å². The average Bonchev–Trinajstić information content (AvgIpc) is 2.74. The molecule has 188 valence electrons. The third-order valence-corrected chi connectivity index (χ3v) is 5.03. The number of hydroxylamine groups is 1. The van der Waals surface area contributed by atoms with E-state index < -0.39 is 41.6 Å². The van der Waals surface area contributed by atoms with Crippen LogP contribution < -0.4 is 11.2 Å².